The van der Waals surface area contributed by atoms with Crippen LogP contribution in [0.4, 0.5) is 24.0 Å². The molecule has 2 N–H and O–H groups in total. The number of anilines is 2. The summed E-state index contributed by atoms with van der Waals surface area (Å²) in [5.74, 6) is -1.12. The van der Waals surface area contributed by atoms with Gasteiger partial charge in [-0.3, -0.25) is 9.69 Å². The molecule has 1 amide bonds. The molecule has 4 aliphatic rings. The molecular weight excluding hydrogens is 663 g/mol. The Labute approximate surface area is 283 Å². The number of nitrogens with two attached hydrogens (primary N) is 1. The highest BCUT2D eigenvalue weighted by atomic mass is 35.5. The number of carbonyl (C=O) groups excluding carboxylic acids is 1. The van der Waals surface area contributed by atoms with Crippen LogP contribution in [0.2, 0.25) is 5.02 Å². The monoisotopic (exact) mass is 693 g/mol. The summed E-state index contributed by atoms with van der Waals surface area (Å²) in [5, 5.41) is 10.5. The van der Waals surface area contributed by atoms with E-state index in [0.717, 1.165) is 37.1 Å². The van der Waals surface area contributed by atoms with Gasteiger partial charge in [-0.15, -0.1) is 11.3 Å². The molecule has 8 rings (SSSR count). The third kappa shape index (κ3) is 4.56. The van der Waals surface area contributed by atoms with Crippen LogP contribution in [-0.2, 0) is 4.79 Å². The van der Waals surface area contributed by atoms with E-state index >= 15 is 4.39 Å². The van der Waals surface area contributed by atoms with E-state index in [0.29, 0.717) is 50.2 Å². The van der Waals surface area contributed by atoms with E-state index in [1.165, 1.54) is 18.2 Å². The SMILES string of the molecule is C=CC(=O)N1CC[C@@]12CCN(c1nc(OC[C@@]34CCCN3C[C@H](F)C4)nc3c(F)c(-c4ccc(F)c5sc(N)c(C#N)c45)c(Cl)cc13)C2. The van der Waals surface area contributed by atoms with Gasteiger partial charge in [0, 0.05) is 48.9 Å². The quantitative estimate of drug-likeness (QED) is 0.237. The number of halogens is 4. The summed E-state index contributed by atoms with van der Waals surface area (Å²) >= 11 is 7.76. The molecular formula is C34H31ClF3N7O2S. The van der Waals surface area contributed by atoms with E-state index in [9.17, 15) is 18.8 Å². The molecule has 4 fully saturated rings. The van der Waals surface area contributed by atoms with E-state index in [-0.39, 0.29) is 60.8 Å². The van der Waals surface area contributed by atoms with Gasteiger partial charge in [-0.1, -0.05) is 24.2 Å². The lowest BCUT2D eigenvalue weighted by molar-refractivity contribution is -0.140. The molecule has 3 atom stereocenters. The van der Waals surface area contributed by atoms with Crippen molar-refractivity contribution >= 4 is 60.7 Å². The average Bonchev–Trinajstić information content (AvgIpc) is 3.82. The summed E-state index contributed by atoms with van der Waals surface area (Å²) in [5.41, 5.74) is 5.29. The Balaban J connectivity index is 1.27. The number of nitriles is 1. The van der Waals surface area contributed by atoms with Crippen molar-refractivity contribution in [3.05, 3.63) is 53.1 Å². The first kappa shape index (κ1) is 31.2. The number of likely N-dealkylation sites (tertiary alicyclic amines) is 1. The van der Waals surface area contributed by atoms with E-state index in [1.54, 1.807) is 6.07 Å². The maximum atomic E-state index is 17.0. The minimum Gasteiger partial charge on any atom is -0.461 e. The van der Waals surface area contributed by atoms with Gasteiger partial charge in [0.1, 0.15) is 41.0 Å². The third-order valence-electron chi connectivity index (χ3n) is 10.7. The fraction of sp³-hybridized carbons (Fsp3) is 0.412. The smallest absolute Gasteiger partial charge is 0.319 e. The number of rotatable bonds is 6. The van der Waals surface area contributed by atoms with E-state index in [1.807, 2.05) is 15.9 Å². The van der Waals surface area contributed by atoms with Crippen molar-refractivity contribution in [1.82, 2.24) is 19.8 Å². The number of nitrogens with zero attached hydrogens (tertiary/aromatic N) is 6. The molecule has 0 saturated carbocycles. The summed E-state index contributed by atoms with van der Waals surface area (Å²) in [6.07, 6.45) is 3.89. The predicted molar refractivity (Wildman–Crippen MR) is 179 cm³/mol. The van der Waals surface area contributed by atoms with Crippen LogP contribution in [-0.4, -0.2) is 82.3 Å². The van der Waals surface area contributed by atoms with E-state index < -0.39 is 28.9 Å². The average molecular weight is 694 g/mol. The molecule has 248 valence electrons. The highest BCUT2D eigenvalue weighted by molar-refractivity contribution is 7.23. The Morgan fingerprint density at radius 3 is 2.81 bits per heavy atom. The number of amides is 1. The molecule has 48 heavy (non-hydrogen) atoms. The van der Waals surface area contributed by atoms with Crippen LogP contribution in [0.3, 0.4) is 0 Å². The lowest BCUT2D eigenvalue weighted by Gasteiger charge is -2.50. The fourth-order valence-electron chi connectivity index (χ4n) is 8.32. The number of benzene rings is 2. The largest absolute Gasteiger partial charge is 0.461 e. The zero-order valence-corrected chi connectivity index (χ0v) is 27.4. The number of fused-ring (bicyclic) bond motifs is 3. The van der Waals surface area contributed by atoms with Crippen LogP contribution in [0.25, 0.3) is 32.1 Å². The second-order valence-electron chi connectivity index (χ2n) is 13.2. The van der Waals surface area contributed by atoms with Gasteiger partial charge < -0.3 is 20.3 Å². The molecule has 14 heteroatoms. The summed E-state index contributed by atoms with van der Waals surface area (Å²) in [4.78, 5) is 27.9. The molecule has 0 bridgehead atoms. The number of carbonyl (C=O) groups is 1. The molecule has 0 unspecified atom stereocenters. The summed E-state index contributed by atoms with van der Waals surface area (Å²) in [6.45, 7) is 6.54. The number of alkyl halides is 1. The van der Waals surface area contributed by atoms with Gasteiger partial charge >= 0.3 is 6.01 Å². The minimum atomic E-state index is -0.953. The first-order valence-electron chi connectivity index (χ1n) is 15.9. The lowest BCUT2D eigenvalue weighted by Crippen LogP contribution is -2.63. The second-order valence-corrected chi connectivity index (χ2v) is 14.7. The fourth-order valence-corrected chi connectivity index (χ4v) is 9.57. The highest BCUT2D eigenvalue weighted by Crippen LogP contribution is 2.47. The number of aromatic nitrogens is 2. The van der Waals surface area contributed by atoms with Crippen LogP contribution in [0, 0.1) is 23.0 Å². The Morgan fingerprint density at radius 2 is 2.06 bits per heavy atom. The van der Waals surface area contributed by atoms with E-state index in [4.69, 9.17) is 27.1 Å². The maximum absolute atomic E-state index is 17.0. The second kappa shape index (κ2) is 11.2. The summed E-state index contributed by atoms with van der Waals surface area (Å²) < 4.78 is 52.8. The summed E-state index contributed by atoms with van der Waals surface area (Å²) in [6, 6.07) is 6.11. The van der Waals surface area contributed by atoms with Gasteiger partial charge in [0.25, 0.3) is 0 Å². The first-order valence-corrected chi connectivity index (χ1v) is 17.1. The molecule has 2 aromatic carbocycles. The molecule has 6 heterocycles. The standard InChI is InChI=1S/C34H31ClF3N7O2S/c1-2-24(46)45-11-8-33(45)7-10-43(16-33)31-20-12-22(35)26(19-4-5-23(37)29-25(19)21(14-39)30(40)48-29)27(38)28(20)41-32(42-31)47-17-34-6-3-9-44(34)15-18(36)13-34/h2,4-5,12,18H,1,3,6-11,13,15-17,40H2/t18-,33-,34+/m1/s1. The van der Waals surface area contributed by atoms with Crippen molar-refractivity contribution in [2.45, 2.75) is 49.4 Å². The Bertz CT molecular complexity index is 2090. The van der Waals surface area contributed by atoms with Crippen molar-refractivity contribution < 1.29 is 22.7 Å². The van der Waals surface area contributed by atoms with Crippen molar-refractivity contribution in [2.24, 2.45) is 0 Å². The van der Waals surface area contributed by atoms with Gasteiger partial charge in [0.05, 0.1) is 26.4 Å². The zero-order valence-electron chi connectivity index (χ0n) is 25.9. The van der Waals surface area contributed by atoms with Crippen LogP contribution < -0.4 is 15.4 Å². The molecule has 4 saturated heterocycles. The van der Waals surface area contributed by atoms with Crippen LogP contribution in [0.5, 0.6) is 6.01 Å². The van der Waals surface area contributed by atoms with Gasteiger partial charge in [0.2, 0.25) is 5.91 Å². The van der Waals surface area contributed by atoms with Crippen LogP contribution >= 0.6 is 22.9 Å². The molecule has 9 nitrogen and oxygen atoms in total. The Morgan fingerprint density at radius 1 is 1.25 bits per heavy atom. The van der Waals surface area contributed by atoms with Gasteiger partial charge in [-0.2, -0.15) is 15.2 Å². The molecule has 4 aliphatic heterocycles. The topological polar surface area (TPSA) is 112 Å². The highest BCUT2D eigenvalue weighted by Gasteiger charge is 2.52. The Hall–Kier alpha value is -4.12. The van der Waals surface area contributed by atoms with Crippen molar-refractivity contribution in [1.29, 1.82) is 5.26 Å². The van der Waals surface area contributed by atoms with Crippen molar-refractivity contribution in [2.75, 3.05) is 50.0 Å². The maximum Gasteiger partial charge on any atom is 0.319 e. The zero-order chi connectivity index (χ0) is 33.5. The number of hydrogen-bond donors (Lipinski definition) is 1. The molecule has 2 aromatic heterocycles. The molecule has 0 radical (unpaired) electrons. The summed E-state index contributed by atoms with van der Waals surface area (Å²) in [7, 11) is 0. The Kier molecular flexibility index (Phi) is 7.28. The number of thiophene rings is 1. The molecule has 1 spiro atoms. The molecule has 0 aliphatic carbocycles. The predicted octanol–water partition coefficient (Wildman–Crippen LogP) is 6.22. The minimum absolute atomic E-state index is 0.0153. The third-order valence-corrected chi connectivity index (χ3v) is 12.0. The first-order chi connectivity index (χ1) is 23.1. The van der Waals surface area contributed by atoms with Gasteiger partial charge in [-0.25, -0.2) is 13.2 Å². The van der Waals surface area contributed by atoms with Crippen molar-refractivity contribution in [3.63, 3.8) is 0 Å². The van der Waals surface area contributed by atoms with Gasteiger partial charge in [0.15, 0.2) is 5.82 Å². The number of hydrogen-bond acceptors (Lipinski definition) is 9. The van der Waals surface area contributed by atoms with Crippen LogP contribution in [0.1, 0.15) is 37.7 Å². The normalized spacial score (nSPS) is 25.2. The lowest BCUT2D eigenvalue weighted by atomic mass is 9.83. The molecule has 4 aromatic rings. The van der Waals surface area contributed by atoms with E-state index in [2.05, 4.69) is 16.5 Å². The number of ether oxygens (including phenoxy) is 1. The van der Waals surface area contributed by atoms with Gasteiger partial charge in [-0.05, 0) is 56.0 Å². The van der Waals surface area contributed by atoms with Crippen LogP contribution in [0.15, 0.2) is 30.9 Å². The number of nitrogen functional groups attached to an aromatic ring is 1. The van der Waals surface area contributed by atoms with Crippen molar-refractivity contribution in [3.8, 4) is 23.2 Å².